The third kappa shape index (κ3) is 2.98. The van der Waals surface area contributed by atoms with Crippen molar-refractivity contribution < 1.29 is 14.3 Å². The molecule has 130 valence electrons. The number of fused-ring (bicyclic) bond motifs is 1. The Morgan fingerprint density at radius 2 is 1.96 bits per heavy atom. The first-order valence-corrected chi connectivity index (χ1v) is 7.80. The summed E-state index contributed by atoms with van der Waals surface area (Å²) in [4.78, 5) is 24.9. The monoisotopic (exact) mass is 369 g/mol. The van der Waals surface area contributed by atoms with Gasteiger partial charge in [-0.1, -0.05) is 29.8 Å². The second-order valence-corrected chi connectivity index (χ2v) is 5.72. The summed E-state index contributed by atoms with van der Waals surface area (Å²) in [7, 11) is 2.81. The first-order chi connectivity index (χ1) is 12.5. The van der Waals surface area contributed by atoms with Crippen LogP contribution >= 0.6 is 11.6 Å². The minimum Gasteiger partial charge on any atom is -0.493 e. The molecule has 0 aliphatic heterocycles. The van der Waals surface area contributed by atoms with E-state index >= 15 is 0 Å². The number of hydrogen-bond acceptors (Lipinski definition) is 6. The number of ether oxygens (including phenoxy) is 2. The van der Waals surface area contributed by atoms with Crippen LogP contribution in [0.5, 0.6) is 11.5 Å². The van der Waals surface area contributed by atoms with Crippen LogP contribution in [0.3, 0.4) is 0 Å². The quantitative estimate of drug-likeness (QED) is 0.520. The molecule has 0 amide bonds. The molecule has 0 fully saturated rings. The molecule has 8 heteroatoms. The number of rotatable bonds is 3. The highest BCUT2D eigenvalue weighted by Gasteiger charge is 2.21. The van der Waals surface area contributed by atoms with Gasteiger partial charge in [0.15, 0.2) is 17.2 Å². The van der Waals surface area contributed by atoms with Crippen LogP contribution < -0.4 is 15.0 Å². The number of halogens is 1. The summed E-state index contributed by atoms with van der Waals surface area (Å²) < 4.78 is 11.6. The molecule has 1 heterocycles. The molecule has 26 heavy (non-hydrogen) atoms. The van der Waals surface area contributed by atoms with Crippen LogP contribution in [0.2, 0.25) is 5.02 Å². The van der Waals surface area contributed by atoms with Crippen molar-refractivity contribution in [3.63, 3.8) is 0 Å². The normalized spacial score (nSPS) is 10.4. The number of nitriles is 1. The van der Waals surface area contributed by atoms with E-state index in [9.17, 15) is 9.59 Å². The zero-order chi connectivity index (χ0) is 18.8. The maximum absolute atomic E-state index is 12.7. The van der Waals surface area contributed by atoms with E-state index in [0.29, 0.717) is 10.8 Å². The fourth-order valence-corrected chi connectivity index (χ4v) is 2.72. The molecule has 7 nitrogen and oxygen atoms in total. The zero-order valence-corrected chi connectivity index (χ0v) is 14.6. The van der Waals surface area contributed by atoms with Gasteiger partial charge in [-0.05, 0) is 12.1 Å². The summed E-state index contributed by atoms with van der Waals surface area (Å²) in [6.45, 7) is 0. The lowest BCUT2D eigenvalue weighted by molar-refractivity contribution is 0.0723. The Kier molecular flexibility index (Phi) is 4.61. The average Bonchev–Trinajstić information content (AvgIpc) is 2.65. The molecule has 1 aromatic heterocycles. The largest absolute Gasteiger partial charge is 0.493 e. The van der Waals surface area contributed by atoms with Gasteiger partial charge in [-0.3, -0.25) is 4.79 Å². The predicted octanol–water partition coefficient (Wildman–Crippen LogP) is 2.69. The van der Waals surface area contributed by atoms with Gasteiger partial charge in [-0.25, -0.2) is 9.48 Å². The molecular weight excluding hydrogens is 358 g/mol. The topological polar surface area (TPSA) is 94.2 Å². The van der Waals surface area contributed by atoms with Crippen molar-refractivity contribution in [2.45, 2.75) is 0 Å². The van der Waals surface area contributed by atoms with Gasteiger partial charge in [0.2, 0.25) is 0 Å². The second kappa shape index (κ2) is 6.86. The number of carbonyl (C=O) groups excluding carboxylic acids is 1. The SMILES string of the molecule is COc1cc(C#N)cc(Cl)c1OC(=O)c1nn(C)c(=O)c2ccccc12. The van der Waals surface area contributed by atoms with E-state index in [4.69, 9.17) is 26.3 Å². The van der Waals surface area contributed by atoms with Gasteiger partial charge in [0.25, 0.3) is 5.56 Å². The number of methoxy groups -OCH3 is 1. The van der Waals surface area contributed by atoms with Crippen LogP contribution in [-0.2, 0) is 7.05 Å². The van der Waals surface area contributed by atoms with Gasteiger partial charge in [0.1, 0.15) is 0 Å². The van der Waals surface area contributed by atoms with Crippen LogP contribution in [0, 0.1) is 11.3 Å². The number of aryl methyl sites for hydroxylation is 1. The van der Waals surface area contributed by atoms with Crippen molar-refractivity contribution in [1.29, 1.82) is 5.26 Å². The molecule has 2 aromatic carbocycles. The van der Waals surface area contributed by atoms with E-state index in [-0.39, 0.29) is 33.3 Å². The lowest BCUT2D eigenvalue weighted by Crippen LogP contribution is -2.24. The lowest BCUT2D eigenvalue weighted by Gasteiger charge is -2.12. The molecule has 0 bridgehead atoms. The third-order valence-electron chi connectivity index (χ3n) is 3.70. The first kappa shape index (κ1) is 17.5. The Hall–Kier alpha value is -3.37. The predicted molar refractivity (Wildman–Crippen MR) is 94.7 cm³/mol. The fourth-order valence-electron chi connectivity index (χ4n) is 2.47. The molecule has 0 saturated heterocycles. The lowest BCUT2D eigenvalue weighted by atomic mass is 10.1. The summed E-state index contributed by atoms with van der Waals surface area (Å²) in [6, 6.07) is 11.3. The van der Waals surface area contributed by atoms with E-state index in [1.807, 2.05) is 6.07 Å². The number of hydrogen-bond donors (Lipinski definition) is 0. The third-order valence-corrected chi connectivity index (χ3v) is 3.98. The highest BCUT2D eigenvalue weighted by Crippen LogP contribution is 2.36. The molecule has 0 unspecified atom stereocenters. The Bertz CT molecular complexity index is 1130. The number of benzene rings is 2. The van der Waals surface area contributed by atoms with Crippen molar-refractivity contribution in [2.24, 2.45) is 7.05 Å². The number of nitrogens with zero attached hydrogens (tertiary/aromatic N) is 3. The average molecular weight is 370 g/mol. The molecular formula is C18H12ClN3O4. The van der Waals surface area contributed by atoms with Crippen LogP contribution in [0.15, 0.2) is 41.2 Å². The fraction of sp³-hybridized carbons (Fsp3) is 0.111. The summed E-state index contributed by atoms with van der Waals surface area (Å²) in [5.41, 5.74) is -0.103. The standard InChI is InChI=1S/C18H12ClN3O4/c1-22-17(23)12-6-4-3-5-11(12)15(21-22)18(24)26-16-13(19)7-10(9-20)8-14(16)25-2/h3-8H,1-2H3. The summed E-state index contributed by atoms with van der Waals surface area (Å²) in [5, 5.41) is 13.8. The molecule has 3 rings (SSSR count). The van der Waals surface area contributed by atoms with Crippen molar-refractivity contribution in [2.75, 3.05) is 7.11 Å². The smallest absolute Gasteiger partial charge is 0.365 e. The Balaban J connectivity index is 2.11. The molecule has 0 spiro atoms. The minimum atomic E-state index is -0.804. The number of aromatic nitrogens is 2. The Morgan fingerprint density at radius 1 is 1.27 bits per heavy atom. The van der Waals surface area contributed by atoms with Gasteiger partial charge in [-0.2, -0.15) is 10.4 Å². The van der Waals surface area contributed by atoms with Gasteiger partial charge in [0.05, 0.1) is 29.2 Å². The van der Waals surface area contributed by atoms with Crippen molar-refractivity contribution in [3.05, 3.63) is 63.0 Å². The van der Waals surface area contributed by atoms with Gasteiger partial charge < -0.3 is 9.47 Å². The van der Waals surface area contributed by atoms with Crippen molar-refractivity contribution >= 4 is 28.3 Å². The van der Waals surface area contributed by atoms with E-state index in [0.717, 1.165) is 4.68 Å². The minimum absolute atomic E-state index is 0.0297. The molecule has 0 aliphatic carbocycles. The zero-order valence-electron chi connectivity index (χ0n) is 13.8. The molecule has 0 radical (unpaired) electrons. The molecule has 0 N–H and O–H groups in total. The second-order valence-electron chi connectivity index (χ2n) is 5.31. The van der Waals surface area contributed by atoms with Crippen LogP contribution in [0.4, 0.5) is 0 Å². The van der Waals surface area contributed by atoms with Crippen LogP contribution in [0.1, 0.15) is 16.1 Å². The van der Waals surface area contributed by atoms with Crippen LogP contribution in [0.25, 0.3) is 10.8 Å². The van der Waals surface area contributed by atoms with Crippen molar-refractivity contribution in [3.8, 4) is 17.6 Å². The summed E-state index contributed by atoms with van der Waals surface area (Å²) in [6.07, 6.45) is 0. The molecule has 0 saturated carbocycles. The maximum Gasteiger partial charge on any atom is 0.365 e. The van der Waals surface area contributed by atoms with E-state index in [1.54, 1.807) is 24.3 Å². The van der Waals surface area contributed by atoms with Gasteiger partial charge in [0, 0.05) is 18.5 Å². The van der Waals surface area contributed by atoms with Crippen LogP contribution in [-0.4, -0.2) is 22.9 Å². The molecule has 3 aromatic rings. The number of esters is 1. The number of carbonyl (C=O) groups is 1. The summed E-state index contributed by atoms with van der Waals surface area (Å²) >= 11 is 6.11. The Morgan fingerprint density at radius 3 is 2.62 bits per heavy atom. The van der Waals surface area contributed by atoms with Gasteiger partial charge >= 0.3 is 5.97 Å². The van der Waals surface area contributed by atoms with E-state index in [1.165, 1.54) is 26.3 Å². The van der Waals surface area contributed by atoms with Crippen molar-refractivity contribution in [1.82, 2.24) is 9.78 Å². The Labute approximate surface area is 152 Å². The first-order valence-electron chi connectivity index (χ1n) is 7.42. The highest BCUT2D eigenvalue weighted by molar-refractivity contribution is 6.32. The summed E-state index contributed by atoms with van der Waals surface area (Å²) in [5.74, 6) is -0.698. The van der Waals surface area contributed by atoms with E-state index in [2.05, 4.69) is 5.10 Å². The molecule has 0 atom stereocenters. The molecule has 0 aliphatic rings. The maximum atomic E-state index is 12.7. The highest BCUT2D eigenvalue weighted by atomic mass is 35.5. The van der Waals surface area contributed by atoms with E-state index < -0.39 is 5.97 Å². The van der Waals surface area contributed by atoms with Gasteiger partial charge in [-0.15, -0.1) is 0 Å².